The van der Waals surface area contributed by atoms with E-state index in [4.69, 9.17) is 0 Å². The Balaban J connectivity index is 1.63. The van der Waals surface area contributed by atoms with Gasteiger partial charge in [0.2, 0.25) is 5.91 Å². The van der Waals surface area contributed by atoms with Gasteiger partial charge < -0.3 is 10.6 Å². The van der Waals surface area contributed by atoms with E-state index in [1.807, 2.05) is 0 Å². The van der Waals surface area contributed by atoms with Gasteiger partial charge >= 0.3 is 0 Å². The Bertz CT molecular complexity index is 241. The second-order valence-electron chi connectivity index (χ2n) is 5.69. The van der Waals surface area contributed by atoms with E-state index in [-0.39, 0.29) is 11.9 Å². The molecule has 17 heavy (non-hydrogen) atoms. The quantitative estimate of drug-likeness (QED) is 0.787. The molecule has 0 spiro atoms. The Labute approximate surface area is 105 Å². The third-order valence-electron chi connectivity index (χ3n) is 4.49. The molecule has 0 radical (unpaired) electrons. The van der Waals surface area contributed by atoms with Crippen molar-refractivity contribution in [3.8, 4) is 0 Å². The molecule has 1 amide bonds. The van der Waals surface area contributed by atoms with Gasteiger partial charge in [0.25, 0.3) is 0 Å². The van der Waals surface area contributed by atoms with Gasteiger partial charge in [-0.15, -0.1) is 0 Å². The maximum Gasteiger partial charge on any atom is 0.237 e. The largest absolute Gasteiger partial charge is 0.354 e. The van der Waals surface area contributed by atoms with E-state index in [1.54, 1.807) is 0 Å². The molecule has 1 saturated carbocycles. The van der Waals surface area contributed by atoms with E-state index in [0.29, 0.717) is 0 Å². The minimum Gasteiger partial charge on any atom is -0.354 e. The van der Waals surface area contributed by atoms with Gasteiger partial charge in [-0.2, -0.15) is 0 Å². The molecule has 3 nitrogen and oxygen atoms in total. The topological polar surface area (TPSA) is 41.1 Å². The van der Waals surface area contributed by atoms with Crippen LogP contribution in [0.1, 0.15) is 51.9 Å². The van der Waals surface area contributed by atoms with Crippen LogP contribution in [0, 0.1) is 11.8 Å². The van der Waals surface area contributed by atoms with Crippen molar-refractivity contribution >= 4 is 5.91 Å². The average Bonchev–Trinajstić information content (AvgIpc) is 2.90. The minimum atomic E-state index is 0.0852. The zero-order valence-electron chi connectivity index (χ0n) is 11.0. The third kappa shape index (κ3) is 3.70. The first-order chi connectivity index (χ1) is 8.29. The van der Waals surface area contributed by atoms with Crippen molar-refractivity contribution in [3.63, 3.8) is 0 Å². The lowest BCUT2D eigenvalue weighted by Crippen LogP contribution is -2.42. The molecular formula is C14H26N2O. The van der Waals surface area contributed by atoms with Crippen LogP contribution in [0.4, 0.5) is 0 Å². The standard InChI is InChI=1S/C14H26N2O/c1-2-11-5-7-12(8-6-11)10-16-14(17)13-4-3-9-15-13/h11-13,15H,2-10H2,1H3,(H,16,17)/t11?,12?,13-/m1/s1. The van der Waals surface area contributed by atoms with E-state index in [0.717, 1.165) is 37.8 Å². The van der Waals surface area contributed by atoms with E-state index in [1.165, 1.54) is 32.1 Å². The summed E-state index contributed by atoms with van der Waals surface area (Å²) in [5.41, 5.74) is 0. The van der Waals surface area contributed by atoms with Crippen molar-refractivity contribution in [2.45, 2.75) is 57.9 Å². The van der Waals surface area contributed by atoms with Gasteiger partial charge in [-0.3, -0.25) is 4.79 Å². The van der Waals surface area contributed by atoms with Gasteiger partial charge in [0, 0.05) is 6.54 Å². The van der Waals surface area contributed by atoms with Crippen LogP contribution < -0.4 is 10.6 Å². The average molecular weight is 238 g/mol. The molecule has 2 rings (SSSR count). The third-order valence-corrected chi connectivity index (χ3v) is 4.49. The Morgan fingerprint density at radius 2 is 1.88 bits per heavy atom. The number of hydrogen-bond acceptors (Lipinski definition) is 2. The molecule has 3 heteroatoms. The normalized spacial score (nSPS) is 33.6. The fourth-order valence-electron chi connectivity index (χ4n) is 3.12. The summed E-state index contributed by atoms with van der Waals surface area (Å²) in [6.07, 6.45) is 8.80. The monoisotopic (exact) mass is 238 g/mol. The maximum atomic E-state index is 11.8. The van der Waals surface area contributed by atoms with Crippen LogP contribution in [-0.2, 0) is 4.79 Å². The van der Waals surface area contributed by atoms with Crippen molar-refractivity contribution in [3.05, 3.63) is 0 Å². The molecule has 2 N–H and O–H groups in total. The molecule has 1 saturated heterocycles. The minimum absolute atomic E-state index is 0.0852. The van der Waals surface area contributed by atoms with Crippen molar-refractivity contribution in [2.75, 3.05) is 13.1 Å². The lowest BCUT2D eigenvalue weighted by Gasteiger charge is -2.28. The van der Waals surface area contributed by atoms with Gasteiger partial charge in [-0.25, -0.2) is 0 Å². The molecule has 1 aliphatic heterocycles. The highest BCUT2D eigenvalue weighted by Crippen LogP contribution is 2.30. The molecule has 0 aromatic carbocycles. The van der Waals surface area contributed by atoms with Crippen LogP contribution in [-0.4, -0.2) is 25.0 Å². The van der Waals surface area contributed by atoms with Gasteiger partial charge in [-0.05, 0) is 44.1 Å². The molecule has 0 unspecified atom stereocenters. The Hall–Kier alpha value is -0.570. The van der Waals surface area contributed by atoms with Gasteiger partial charge in [0.15, 0.2) is 0 Å². The number of rotatable bonds is 4. The maximum absolute atomic E-state index is 11.8. The molecule has 0 aromatic rings. The fourth-order valence-corrected chi connectivity index (χ4v) is 3.12. The molecule has 1 atom stereocenters. The molecule has 2 aliphatic rings. The predicted octanol–water partition coefficient (Wildman–Crippen LogP) is 2.07. The van der Waals surface area contributed by atoms with Crippen molar-refractivity contribution in [1.82, 2.24) is 10.6 Å². The molecule has 2 fully saturated rings. The van der Waals surface area contributed by atoms with Gasteiger partial charge in [0.1, 0.15) is 0 Å². The number of carbonyl (C=O) groups excluding carboxylic acids is 1. The first-order valence-corrected chi connectivity index (χ1v) is 7.30. The first kappa shape index (κ1) is 12.9. The Kier molecular flexibility index (Phi) is 4.84. The van der Waals surface area contributed by atoms with Crippen molar-refractivity contribution in [2.24, 2.45) is 11.8 Å². The molecule has 0 bridgehead atoms. The SMILES string of the molecule is CCC1CCC(CNC(=O)[C@H]2CCCN2)CC1. The number of hydrogen-bond donors (Lipinski definition) is 2. The summed E-state index contributed by atoms with van der Waals surface area (Å²) in [7, 11) is 0. The summed E-state index contributed by atoms with van der Waals surface area (Å²) < 4.78 is 0. The first-order valence-electron chi connectivity index (χ1n) is 7.30. The Morgan fingerprint density at radius 3 is 2.47 bits per heavy atom. The van der Waals surface area contributed by atoms with Crippen LogP contribution in [0.15, 0.2) is 0 Å². The second kappa shape index (κ2) is 6.39. The molecule has 1 aliphatic carbocycles. The number of amides is 1. The van der Waals surface area contributed by atoms with Gasteiger partial charge in [-0.1, -0.05) is 26.2 Å². The van der Waals surface area contributed by atoms with Crippen LogP contribution in [0.2, 0.25) is 0 Å². The zero-order valence-corrected chi connectivity index (χ0v) is 11.0. The Morgan fingerprint density at radius 1 is 1.18 bits per heavy atom. The highest BCUT2D eigenvalue weighted by Gasteiger charge is 2.24. The molecule has 98 valence electrons. The summed E-state index contributed by atoms with van der Waals surface area (Å²) in [5.74, 6) is 1.89. The summed E-state index contributed by atoms with van der Waals surface area (Å²) in [6.45, 7) is 4.19. The fraction of sp³-hybridized carbons (Fsp3) is 0.929. The zero-order chi connectivity index (χ0) is 12.1. The second-order valence-corrected chi connectivity index (χ2v) is 5.69. The van der Waals surface area contributed by atoms with Crippen LogP contribution in [0.3, 0.4) is 0 Å². The van der Waals surface area contributed by atoms with Crippen LogP contribution in [0.25, 0.3) is 0 Å². The van der Waals surface area contributed by atoms with E-state index >= 15 is 0 Å². The van der Waals surface area contributed by atoms with Crippen molar-refractivity contribution < 1.29 is 4.79 Å². The molecule has 1 heterocycles. The summed E-state index contributed by atoms with van der Waals surface area (Å²) in [6, 6.07) is 0.0852. The lowest BCUT2D eigenvalue weighted by atomic mass is 9.81. The van der Waals surface area contributed by atoms with Gasteiger partial charge in [0.05, 0.1) is 6.04 Å². The van der Waals surface area contributed by atoms with E-state index < -0.39 is 0 Å². The highest BCUT2D eigenvalue weighted by atomic mass is 16.2. The smallest absolute Gasteiger partial charge is 0.237 e. The molecular weight excluding hydrogens is 212 g/mol. The van der Waals surface area contributed by atoms with E-state index in [9.17, 15) is 4.79 Å². The van der Waals surface area contributed by atoms with E-state index in [2.05, 4.69) is 17.6 Å². The lowest BCUT2D eigenvalue weighted by molar-refractivity contribution is -0.123. The van der Waals surface area contributed by atoms with Crippen molar-refractivity contribution in [1.29, 1.82) is 0 Å². The summed E-state index contributed by atoms with van der Waals surface area (Å²) in [5, 5.41) is 6.37. The summed E-state index contributed by atoms with van der Waals surface area (Å²) in [4.78, 5) is 11.8. The highest BCUT2D eigenvalue weighted by molar-refractivity contribution is 5.81. The van der Waals surface area contributed by atoms with Crippen LogP contribution in [0.5, 0.6) is 0 Å². The predicted molar refractivity (Wildman–Crippen MR) is 69.8 cm³/mol. The number of nitrogens with one attached hydrogen (secondary N) is 2. The van der Waals surface area contributed by atoms with Crippen LogP contribution >= 0.6 is 0 Å². The summed E-state index contributed by atoms with van der Waals surface area (Å²) >= 11 is 0. The number of carbonyl (C=O) groups is 1. The molecule has 0 aromatic heterocycles.